The summed E-state index contributed by atoms with van der Waals surface area (Å²) in [6, 6.07) is 47.4. The van der Waals surface area contributed by atoms with Gasteiger partial charge in [0.05, 0.1) is 0 Å². The van der Waals surface area contributed by atoms with Crippen LogP contribution < -0.4 is 52.2 Å². The van der Waals surface area contributed by atoms with Gasteiger partial charge in [-0.3, -0.25) is 19.2 Å². The second kappa shape index (κ2) is 22.9. The Morgan fingerprint density at radius 3 is 1.27 bits per heavy atom. The monoisotopic (exact) mass is 1260 g/mol. The van der Waals surface area contributed by atoms with Gasteiger partial charge < -0.3 is 31.2 Å². The van der Waals surface area contributed by atoms with Crippen molar-refractivity contribution in [2.45, 2.75) is 105 Å². The van der Waals surface area contributed by atoms with Gasteiger partial charge >= 0.3 is 0 Å². The number of anilines is 2. The number of nitrogen functional groups attached to an aromatic ring is 2. The molecule has 0 spiro atoms. The van der Waals surface area contributed by atoms with Gasteiger partial charge in [0.25, 0.3) is 0 Å². The van der Waals surface area contributed by atoms with E-state index in [2.05, 4.69) is 124 Å². The minimum atomic E-state index is -2.08. The fourth-order valence-electron chi connectivity index (χ4n) is 13.0. The fraction of sp³-hybridized carbons (Fsp3) is 0.216. The molecule has 89 heavy (non-hydrogen) atoms. The molecule has 0 fully saturated rings. The molecule has 4 aliphatic heterocycles. The third-order valence-corrected chi connectivity index (χ3v) is 37.7. The molecule has 8 aromatic carbocycles. The highest BCUT2D eigenvalue weighted by molar-refractivity contribution is 7.04. The van der Waals surface area contributed by atoms with Crippen LogP contribution in [0.25, 0.3) is 5.57 Å². The van der Waals surface area contributed by atoms with Gasteiger partial charge in [-0.15, -0.1) is 0 Å². The molecule has 15 heteroatoms. The first-order valence-corrected chi connectivity index (χ1v) is 45.1. The Labute approximate surface area is 528 Å². The van der Waals surface area contributed by atoms with E-state index in [1.54, 1.807) is 66.7 Å². The minimum absolute atomic E-state index is 0.0307. The van der Waals surface area contributed by atoms with Crippen LogP contribution in [-0.4, -0.2) is 79.1 Å². The molecular formula is C74H80N2O8Si5. The van der Waals surface area contributed by atoms with Crippen LogP contribution in [0.3, 0.4) is 0 Å². The normalized spacial score (nSPS) is 16.5. The van der Waals surface area contributed by atoms with Crippen molar-refractivity contribution in [1.29, 1.82) is 0 Å². The molecule has 10 nitrogen and oxygen atoms in total. The summed E-state index contributed by atoms with van der Waals surface area (Å²) >= 11 is 0. The lowest BCUT2D eigenvalue weighted by Crippen LogP contribution is -2.60. The van der Waals surface area contributed by atoms with Crippen molar-refractivity contribution >= 4 is 117 Å². The maximum Gasteiger partial charge on any atom is 0.250 e. The number of phenols is 3. The highest BCUT2D eigenvalue weighted by Crippen LogP contribution is 2.43. The van der Waals surface area contributed by atoms with Crippen LogP contribution in [0.15, 0.2) is 181 Å². The van der Waals surface area contributed by atoms with Crippen molar-refractivity contribution < 1.29 is 38.9 Å². The number of benzene rings is 8. The second-order valence-electron chi connectivity index (χ2n) is 27.8. The molecule has 8 aromatic rings. The Bertz CT molecular complexity index is 4190. The molecular weight excluding hydrogens is 1190 g/mol. The average Bonchev–Trinajstić information content (AvgIpc) is 0.881. The van der Waals surface area contributed by atoms with Crippen LogP contribution in [0.5, 0.6) is 23.0 Å². The van der Waals surface area contributed by atoms with Crippen LogP contribution in [0.2, 0.25) is 70.5 Å². The number of carbonyl (C=O) groups is 4. The number of allylic oxidation sites excluding steroid dienone is 5. The minimum Gasteiger partial charge on any atom is -0.544 e. The Hall–Kier alpha value is -8.46. The molecule has 0 aromatic heterocycles. The lowest BCUT2D eigenvalue weighted by Gasteiger charge is -2.38. The first-order valence-electron chi connectivity index (χ1n) is 30.2. The highest BCUT2D eigenvalue weighted by atomic mass is 28.4. The molecule has 0 radical (unpaired) electrons. The second-order valence-corrected chi connectivity index (χ2v) is 49.8. The summed E-state index contributed by atoms with van der Waals surface area (Å²) in [6.45, 7) is 33.4. The molecule has 1 aliphatic carbocycles. The van der Waals surface area contributed by atoms with Crippen molar-refractivity contribution in [2.75, 3.05) is 11.5 Å². The maximum atomic E-state index is 13.1. The third kappa shape index (κ3) is 11.4. The molecule has 0 saturated heterocycles. The summed E-state index contributed by atoms with van der Waals surface area (Å²) in [6.07, 6.45) is 5.43. The summed E-state index contributed by atoms with van der Waals surface area (Å²) in [4.78, 5) is 50.2. The molecule has 7 N–H and O–H groups in total. The molecule has 454 valence electrons. The van der Waals surface area contributed by atoms with Crippen LogP contribution in [0.1, 0.15) is 90.8 Å². The number of carbonyl (C=O) groups excluding carboxylic acids is 4. The Morgan fingerprint density at radius 1 is 0.427 bits per heavy atom. The smallest absolute Gasteiger partial charge is 0.250 e. The molecule has 0 amide bonds. The van der Waals surface area contributed by atoms with E-state index in [1.807, 2.05) is 78.9 Å². The van der Waals surface area contributed by atoms with E-state index in [1.165, 1.54) is 37.8 Å². The molecule has 4 heterocycles. The van der Waals surface area contributed by atoms with E-state index >= 15 is 0 Å². The summed E-state index contributed by atoms with van der Waals surface area (Å²) in [7, 11) is -9.91. The SMILES string of the molecule is C[Si]1(C)c2cc(N)ccc2C(=O)c2ccc(N)cc21.C[Si]1(C)c2cc(O)ccc2C(=O)c2ccc(O)cc21.Cc1ccc2c(c1)[Si](C)(C)c1cc(O[Si](C)(C)C(C)(C)C)ccc1C2=O.Cc1ccccc1C1=C2C=CC(=O)C=C2[Si](C)(C)c2cc(O)ccc21. The van der Waals surface area contributed by atoms with Gasteiger partial charge in [0.1, 0.15) is 55.3 Å². The van der Waals surface area contributed by atoms with Gasteiger partial charge in [-0.1, -0.05) is 133 Å². The van der Waals surface area contributed by atoms with Crippen molar-refractivity contribution in [3.63, 3.8) is 0 Å². The first-order chi connectivity index (χ1) is 41.6. The number of fused-ring (bicyclic) bond motifs is 8. The molecule has 0 bridgehead atoms. The quantitative estimate of drug-likeness (QED) is 0.0841. The number of rotatable bonds is 3. The standard InChI is InChI=1S/C22H30O2Si2.C22H20O2Si.C15H16N2OSi.C15H14O3Si/c1-15-9-11-17-19(13-15)25(5,6)20-14-16(10-12-18(20)21(17)23)24-26(7,8)22(2,3)4;1-14-6-4-5-7-17(14)22-18-10-8-15(23)12-20(18)25(2,3)21-13-16(24)9-11-19(21)22;2*1-19(2)13-7-9(16)3-5-11(13)15(18)12-6-4-10(17)8-14(12)19/h9-14H,1-8H3;4-13,23H,1-3H3;3-8H,16-17H2,1-2H3;3-8,16-17H,1-2H3. The number of ketones is 4. The summed E-state index contributed by atoms with van der Waals surface area (Å²) in [5, 5.41) is 38.4. The van der Waals surface area contributed by atoms with Crippen molar-refractivity contribution in [3.8, 4) is 23.0 Å². The Kier molecular flexibility index (Phi) is 16.3. The lowest BCUT2D eigenvalue weighted by molar-refractivity contribution is -0.110. The van der Waals surface area contributed by atoms with Gasteiger partial charge in [0, 0.05) is 44.8 Å². The van der Waals surface area contributed by atoms with Crippen molar-refractivity contribution in [1.82, 2.24) is 0 Å². The van der Waals surface area contributed by atoms with Crippen LogP contribution in [0, 0.1) is 13.8 Å². The van der Waals surface area contributed by atoms with E-state index in [0.717, 1.165) is 65.1 Å². The summed E-state index contributed by atoms with van der Waals surface area (Å²) < 4.78 is 6.52. The van der Waals surface area contributed by atoms with Gasteiger partial charge in [-0.05, 0) is 217 Å². The summed E-state index contributed by atoms with van der Waals surface area (Å²) in [5.41, 5.74) is 25.0. The topological polar surface area (TPSA) is 190 Å². The zero-order chi connectivity index (χ0) is 64.8. The predicted molar refractivity (Wildman–Crippen MR) is 379 cm³/mol. The molecule has 0 atom stereocenters. The summed E-state index contributed by atoms with van der Waals surface area (Å²) in [5.74, 6) is 1.80. The molecule has 0 unspecified atom stereocenters. The maximum absolute atomic E-state index is 13.1. The third-order valence-electron chi connectivity index (χ3n) is 19.2. The largest absolute Gasteiger partial charge is 0.544 e. The van der Waals surface area contributed by atoms with Crippen LogP contribution in [-0.2, 0) is 4.79 Å². The van der Waals surface area contributed by atoms with E-state index in [0.29, 0.717) is 22.5 Å². The highest BCUT2D eigenvalue weighted by Gasteiger charge is 2.44. The number of aryl methyl sites for hydroxylation is 2. The van der Waals surface area contributed by atoms with Gasteiger partial charge in [-0.2, -0.15) is 0 Å². The Morgan fingerprint density at radius 2 is 0.809 bits per heavy atom. The van der Waals surface area contributed by atoms with Gasteiger partial charge in [-0.25, -0.2) is 0 Å². The van der Waals surface area contributed by atoms with Crippen molar-refractivity contribution in [2.24, 2.45) is 0 Å². The number of phenolic OH excluding ortho intramolecular Hbond substituents is 3. The van der Waals surface area contributed by atoms with Gasteiger partial charge in [0.15, 0.2) is 23.1 Å². The first kappa shape index (κ1) is 63.6. The zero-order valence-electron chi connectivity index (χ0n) is 53.7. The Balaban J connectivity index is 0.000000132. The predicted octanol–water partition coefficient (Wildman–Crippen LogP) is 11.5. The molecule has 13 rings (SSSR count). The number of hydrogen-bond acceptors (Lipinski definition) is 10. The van der Waals surface area contributed by atoms with Crippen LogP contribution in [0.4, 0.5) is 11.4 Å². The van der Waals surface area contributed by atoms with E-state index in [4.69, 9.17) is 15.9 Å². The van der Waals surface area contributed by atoms with E-state index < -0.39 is 40.6 Å². The van der Waals surface area contributed by atoms with E-state index in [-0.39, 0.29) is 45.4 Å². The van der Waals surface area contributed by atoms with Gasteiger partial charge in [0.2, 0.25) is 8.32 Å². The zero-order valence-corrected chi connectivity index (χ0v) is 58.7. The van der Waals surface area contributed by atoms with E-state index in [9.17, 15) is 34.5 Å². The number of nitrogens with two attached hydrogens (primary N) is 2. The molecule has 5 aliphatic rings. The lowest BCUT2D eigenvalue weighted by atomic mass is 9.88. The average molecular weight is 1270 g/mol. The van der Waals surface area contributed by atoms with Crippen LogP contribution >= 0.6 is 0 Å². The number of hydrogen-bond donors (Lipinski definition) is 5. The molecule has 0 saturated carbocycles. The fourth-order valence-corrected chi connectivity index (χ4v) is 26.3. The number of aromatic hydroxyl groups is 3. The van der Waals surface area contributed by atoms with Crippen molar-refractivity contribution in [3.05, 3.63) is 236 Å².